The number of nitrogens with zero attached hydrogens (tertiary/aromatic N) is 3. The number of hydrogen-bond donors (Lipinski definition) is 1. The molecule has 0 atom stereocenters. The fourth-order valence-electron chi connectivity index (χ4n) is 1.82. The van der Waals surface area contributed by atoms with Crippen molar-refractivity contribution >= 4 is 39.1 Å². The van der Waals surface area contributed by atoms with Gasteiger partial charge in [0.1, 0.15) is 11.0 Å². The van der Waals surface area contributed by atoms with Gasteiger partial charge in [-0.05, 0) is 45.1 Å². The fraction of sp³-hybridized carbons (Fsp3) is 0.214. The smallest absolute Gasteiger partial charge is 0.358 e. The van der Waals surface area contributed by atoms with Crippen LogP contribution in [0.1, 0.15) is 23.7 Å². The van der Waals surface area contributed by atoms with Gasteiger partial charge in [0.15, 0.2) is 5.78 Å². The van der Waals surface area contributed by atoms with E-state index in [9.17, 15) is 19.7 Å². The molecular weight excluding hydrogens is 368 g/mol. The van der Waals surface area contributed by atoms with Crippen LogP contribution < -0.4 is 5.32 Å². The third-order valence-electron chi connectivity index (χ3n) is 2.99. The number of halogens is 1. The minimum absolute atomic E-state index is 0.113. The van der Waals surface area contributed by atoms with Gasteiger partial charge in [-0.15, -0.1) is 0 Å². The number of nitrogens with one attached hydrogen (secondary N) is 1. The molecule has 1 aromatic heterocycles. The van der Waals surface area contributed by atoms with Gasteiger partial charge in [0.25, 0.3) is 0 Å². The van der Waals surface area contributed by atoms with E-state index in [4.69, 9.17) is 0 Å². The van der Waals surface area contributed by atoms with Crippen molar-refractivity contribution in [1.82, 2.24) is 9.78 Å². The quantitative estimate of drug-likeness (QED) is 0.470. The van der Waals surface area contributed by atoms with E-state index in [1.165, 1.54) is 10.9 Å². The molecule has 2 rings (SSSR count). The molecule has 0 bridgehead atoms. The van der Waals surface area contributed by atoms with Gasteiger partial charge >= 0.3 is 5.82 Å². The lowest BCUT2D eigenvalue weighted by atomic mass is 10.1. The highest BCUT2D eigenvalue weighted by Gasteiger charge is 2.20. The summed E-state index contributed by atoms with van der Waals surface area (Å²) in [4.78, 5) is 33.5. The highest BCUT2D eigenvalue weighted by atomic mass is 79.9. The summed E-state index contributed by atoms with van der Waals surface area (Å²) >= 11 is 3.03. The summed E-state index contributed by atoms with van der Waals surface area (Å²) in [6.45, 7) is 1.63. The largest absolute Gasteiger partial charge is 0.404 e. The molecule has 1 amide bonds. The van der Waals surface area contributed by atoms with Crippen LogP contribution in [-0.4, -0.2) is 26.4 Å². The summed E-state index contributed by atoms with van der Waals surface area (Å²) in [6, 6.07) is 6.42. The Bertz CT molecular complexity index is 755. The summed E-state index contributed by atoms with van der Waals surface area (Å²) in [5.74, 6) is -0.698. The van der Waals surface area contributed by atoms with Crippen molar-refractivity contribution in [2.24, 2.45) is 0 Å². The first-order chi connectivity index (χ1) is 10.9. The zero-order valence-corrected chi connectivity index (χ0v) is 13.7. The van der Waals surface area contributed by atoms with Gasteiger partial charge in [-0.2, -0.15) is 4.68 Å². The van der Waals surface area contributed by atoms with Crippen LogP contribution in [0.25, 0.3) is 0 Å². The van der Waals surface area contributed by atoms with Gasteiger partial charge in [0, 0.05) is 17.7 Å². The highest BCUT2D eigenvalue weighted by molar-refractivity contribution is 9.10. The number of benzene rings is 1. The van der Waals surface area contributed by atoms with E-state index in [2.05, 4.69) is 26.3 Å². The first kappa shape index (κ1) is 16.8. The summed E-state index contributed by atoms with van der Waals surface area (Å²) in [6.07, 6.45) is 1.75. The topological polar surface area (TPSA) is 107 Å². The Hall–Kier alpha value is -2.55. The zero-order chi connectivity index (χ0) is 17.0. The number of nitro groups is 1. The van der Waals surface area contributed by atoms with Crippen LogP contribution in [0.15, 0.2) is 34.9 Å². The number of anilines is 1. The molecule has 1 aromatic carbocycles. The molecule has 0 aliphatic rings. The Balaban J connectivity index is 2.07. The second kappa shape index (κ2) is 7.14. The van der Waals surface area contributed by atoms with Crippen molar-refractivity contribution in [3.05, 3.63) is 50.6 Å². The van der Waals surface area contributed by atoms with E-state index in [1.54, 1.807) is 31.2 Å². The number of rotatable bonds is 6. The molecule has 0 aliphatic carbocycles. The summed E-state index contributed by atoms with van der Waals surface area (Å²) < 4.78 is 1.42. The molecule has 0 fully saturated rings. The zero-order valence-electron chi connectivity index (χ0n) is 12.2. The molecule has 8 nitrogen and oxygen atoms in total. The Morgan fingerprint density at radius 3 is 2.52 bits per heavy atom. The van der Waals surface area contributed by atoms with E-state index in [-0.39, 0.29) is 28.5 Å². The molecular formula is C14H13BrN4O4. The average Bonchev–Trinajstić information content (AvgIpc) is 2.88. The predicted molar refractivity (Wildman–Crippen MR) is 86.3 cm³/mol. The number of amides is 1. The molecule has 0 saturated carbocycles. The van der Waals surface area contributed by atoms with Crippen LogP contribution in [0.4, 0.5) is 11.5 Å². The van der Waals surface area contributed by atoms with Crippen LogP contribution >= 0.6 is 15.9 Å². The fourth-order valence-corrected chi connectivity index (χ4v) is 2.28. The van der Waals surface area contributed by atoms with E-state index in [0.717, 1.165) is 0 Å². The molecule has 23 heavy (non-hydrogen) atoms. The van der Waals surface area contributed by atoms with Crippen molar-refractivity contribution in [2.45, 2.75) is 19.9 Å². The Labute approximate surface area is 139 Å². The number of aromatic nitrogens is 2. The monoisotopic (exact) mass is 380 g/mol. The lowest BCUT2D eigenvalue weighted by Gasteiger charge is -2.04. The summed E-state index contributed by atoms with van der Waals surface area (Å²) in [5, 5.41) is 17.1. The van der Waals surface area contributed by atoms with Gasteiger partial charge in [-0.1, -0.05) is 6.92 Å². The lowest BCUT2D eigenvalue weighted by Crippen LogP contribution is -2.12. The maximum absolute atomic E-state index is 12.2. The van der Waals surface area contributed by atoms with Gasteiger partial charge < -0.3 is 15.4 Å². The third kappa shape index (κ3) is 4.22. The van der Waals surface area contributed by atoms with Crippen LogP contribution in [0.5, 0.6) is 0 Å². The average molecular weight is 381 g/mol. The predicted octanol–water partition coefficient (Wildman–Crippen LogP) is 2.79. The van der Waals surface area contributed by atoms with Crippen LogP contribution in [0.3, 0.4) is 0 Å². The van der Waals surface area contributed by atoms with E-state index >= 15 is 0 Å². The van der Waals surface area contributed by atoms with E-state index in [0.29, 0.717) is 17.7 Å². The first-order valence-electron chi connectivity index (χ1n) is 6.71. The van der Waals surface area contributed by atoms with Gasteiger partial charge in [0.2, 0.25) is 5.91 Å². The first-order valence-corrected chi connectivity index (χ1v) is 7.50. The van der Waals surface area contributed by atoms with Crippen LogP contribution in [-0.2, 0) is 11.3 Å². The summed E-state index contributed by atoms with van der Waals surface area (Å²) in [5.41, 5.74) is 1.03. The molecule has 0 unspecified atom stereocenters. The summed E-state index contributed by atoms with van der Waals surface area (Å²) in [7, 11) is 0. The maximum Gasteiger partial charge on any atom is 0.404 e. The van der Waals surface area contributed by atoms with Gasteiger partial charge in [-0.3, -0.25) is 9.59 Å². The molecule has 0 radical (unpaired) electrons. The molecule has 120 valence electrons. The van der Waals surface area contributed by atoms with Gasteiger partial charge in [-0.25, -0.2) is 0 Å². The minimum Gasteiger partial charge on any atom is -0.358 e. The number of Topliss-reactive ketones (excluding diaryl/α,β-unsaturated/α-hetero) is 1. The number of hydrogen-bond acceptors (Lipinski definition) is 5. The highest BCUT2D eigenvalue weighted by Crippen LogP contribution is 2.22. The number of carbonyl (C=O) groups is 2. The Morgan fingerprint density at radius 2 is 2.00 bits per heavy atom. The second-order valence-corrected chi connectivity index (χ2v) is 5.51. The SMILES string of the molecule is CCC(=O)Nc1ccc(C(=O)Cn2cc(Br)c([N+](=O)[O-])n2)cc1. The van der Waals surface area contributed by atoms with Crippen molar-refractivity contribution in [3.8, 4) is 0 Å². The lowest BCUT2D eigenvalue weighted by molar-refractivity contribution is -0.390. The van der Waals surface area contributed by atoms with Gasteiger partial charge in [0.05, 0.1) is 11.3 Å². The second-order valence-electron chi connectivity index (χ2n) is 4.66. The van der Waals surface area contributed by atoms with Crippen LogP contribution in [0.2, 0.25) is 0 Å². The van der Waals surface area contributed by atoms with Crippen molar-refractivity contribution in [3.63, 3.8) is 0 Å². The Kier molecular flexibility index (Phi) is 5.22. The standard InChI is InChI=1S/C14H13BrN4O4/c1-2-13(21)16-10-5-3-9(4-6-10)12(20)8-18-7-11(15)14(17-18)19(22)23/h3-7H,2,8H2,1H3,(H,16,21). The van der Waals surface area contributed by atoms with Crippen LogP contribution in [0, 0.1) is 10.1 Å². The molecule has 1 N–H and O–H groups in total. The molecule has 1 heterocycles. The number of carbonyl (C=O) groups excluding carboxylic acids is 2. The molecule has 2 aromatic rings. The van der Waals surface area contributed by atoms with Crippen molar-refractivity contribution < 1.29 is 14.5 Å². The molecule has 0 spiro atoms. The minimum atomic E-state index is -0.629. The third-order valence-corrected chi connectivity index (χ3v) is 3.55. The molecule has 0 aliphatic heterocycles. The normalized spacial score (nSPS) is 10.3. The molecule has 0 saturated heterocycles. The van der Waals surface area contributed by atoms with E-state index < -0.39 is 4.92 Å². The Morgan fingerprint density at radius 1 is 1.35 bits per heavy atom. The van der Waals surface area contributed by atoms with E-state index in [1.807, 2.05) is 0 Å². The van der Waals surface area contributed by atoms with Crippen molar-refractivity contribution in [1.29, 1.82) is 0 Å². The molecule has 9 heteroatoms. The number of ketones is 1. The van der Waals surface area contributed by atoms with Crippen molar-refractivity contribution in [2.75, 3.05) is 5.32 Å². The maximum atomic E-state index is 12.2.